The lowest BCUT2D eigenvalue weighted by atomic mass is 10.3. The van der Waals surface area contributed by atoms with Crippen molar-refractivity contribution in [2.45, 2.75) is 25.2 Å². The first-order chi connectivity index (χ1) is 9.99. The van der Waals surface area contributed by atoms with E-state index in [2.05, 4.69) is 20.0 Å². The summed E-state index contributed by atoms with van der Waals surface area (Å²) in [5.74, 6) is 0.286. The molecule has 10 heteroatoms. The van der Waals surface area contributed by atoms with Crippen LogP contribution in [0, 0.1) is 13.8 Å². The second kappa shape index (κ2) is 5.20. The number of hydrogen-bond donors (Lipinski definition) is 1. The van der Waals surface area contributed by atoms with Crippen LogP contribution in [0.25, 0.3) is 4.96 Å². The molecule has 0 aliphatic carbocycles. The lowest BCUT2D eigenvalue weighted by molar-refractivity contribution is 0.390. The molecule has 21 heavy (non-hydrogen) atoms. The van der Waals surface area contributed by atoms with Crippen molar-refractivity contribution >= 4 is 26.3 Å². The van der Waals surface area contributed by atoms with Gasteiger partial charge in [0.05, 0.1) is 5.69 Å². The van der Waals surface area contributed by atoms with Gasteiger partial charge in [0.15, 0.2) is 5.76 Å². The molecule has 0 aromatic carbocycles. The standard InChI is InChI=1S/C11H13N5O3S2/c1-7-10(8(2)19-15-7)21(17,18)14-4-3-9-5-20-11-12-6-13-16(9)11/h5-6,14H,3-4H2,1-2H3. The summed E-state index contributed by atoms with van der Waals surface area (Å²) >= 11 is 1.47. The molecule has 0 saturated heterocycles. The Morgan fingerprint density at radius 1 is 1.43 bits per heavy atom. The van der Waals surface area contributed by atoms with Gasteiger partial charge in [-0.15, -0.1) is 11.3 Å². The summed E-state index contributed by atoms with van der Waals surface area (Å²) in [6.45, 7) is 3.44. The van der Waals surface area contributed by atoms with Gasteiger partial charge >= 0.3 is 0 Å². The summed E-state index contributed by atoms with van der Waals surface area (Å²) in [6.07, 6.45) is 2.00. The molecule has 0 radical (unpaired) electrons. The van der Waals surface area contributed by atoms with Crippen LogP contribution in [-0.2, 0) is 16.4 Å². The number of rotatable bonds is 5. The fourth-order valence-electron chi connectivity index (χ4n) is 2.09. The average Bonchev–Trinajstić information content (AvgIpc) is 3.07. The van der Waals surface area contributed by atoms with E-state index in [-0.39, 0.29) is 17.2 Å². The Hall–Kier alpha value is -1.78. The third-order valence-corrected chi connectivity index (χ3v) is 5.58. The van der Waals surface area contributed by atoms with E-state index in [1.165, 1.54) is 17.7 Å². The van der Waals surface area contributed by atoms with E-state index in [0.29, 0.717) is 12.1 Å². The van der Waals surface area contributed by atoms with E-state index < -0.39 is 10.0 Å². The SMILES string of the molecule is Cc1noc(C)c1S(=O)(=O)NCCc1csc2ncnn12. The molecule has 0 fully saturated rings. The van der Waals surface area contributed by atoms with Crippen LogP contribution >= 0.6 is 11.3 Å². The van der Waals surface area contributed by atoms with Crippen LogP contribution in [0.5, 0.6) is 0 Å². The highest BCUT2D eigenvalue weighted by molar-refractivity contribution is 7.89. The smallest absolute Gasteiger partial charge is 0.245 e. The molecule has 0 spiro atoms. The summed E-state index contributed by atoms with van der Waals surface area (Å²) in [5.41, 5.74) is 1.27. The molecule has 8 nitrogen and oxygen atoms in total. The van der Waals surface area contributed by atoms with Gasteiger partial charge in [-0.3, -0.25) is 0 Å². The predicted octanol–water partition coefficient (Wildman–Crippen LogP) is 0.917. The van der Waals surface area contributed by atoms with Crippen molar-refractivity contribution in [2.75, 3.05) is 6.54 Å². The summed E-state index contributed by atoms with van der Waals surface area (Å²) in [5, 5.41) is 9.66. The van der Waals surface area contributed by atoms with Gasteiger partial charge in [-0.05, 0) is 13.8 Å². The van der Waals surface area contributed by atoms with Gasteiger partial charge in [-0.25, -0.2) is 22.6 Å². The van der Waals surface area contributed by atoms with Crippen LogP contribution in [0.2, 0.25) is 0 Å². The molecule has 0 aliphatic heterocycles. The van der Waals surface area contributed by atoms with Gasteiger partial charge in [0.1, 0.15) is 16.9 Å². The van der Waals surface area contributed by atoms with Gasteiger partial charge in [-0.2, -0.15) is 5.10 Å². The van der Waals surface area contributed by atoms with E-state index in [1.807, 2.05) is 5.38 Å². The second-order valence-electron chi connectivity index (χ2n) is 4.48. The third kappa shape index (κ3) is 2.57. The van der Waals surface area contributed by atoms with Gasteiger partial charge < -0.3 is 4.52 Å². The topological polar surface area (TPSA) is 102 Å². The molecule has 0 amide bonds. The molecule has 0 saturated carbocycles. The molecule has 112 valence electrons. The second-order valence-corrected chi connectivity index (χ2v) is 7.02. The number of nitrogens with one attached hydrogen (secondary N) is 1. The van der Waals surface area contributed by atoms with Gasteiger partial charge in [0, 0.05) is 18.3 Å². The van der Waals surface area contributed by atoms with Crippen LogP contribution in [0.3, 0.4) is 0 Å². The summed E-state index contributed by atoms with van der Waals surface area (Å²) in [6, 6.07) is 0. The van der Waals surface area contributed by atoms with Crippen molar-refractivity contribution < 1.29 is 12.9 Å². The molecule has 0 unspecified atom stereocenters. The highest BCUT2D eigenvalue weighted by Gasteiger charge is 2.23. The first kappa shape index (κ1) is 14.2. The highest BCUT2D eigenvalue weighted by atomic mass is 32.2. The Kier molecular flexibility index (Phi) is 3.51. The van der Waals surface area contributed by atoms with Crippen molar-refractivity contribution in [3.63, 3.8) is 0 Å². The summed E-state index contributed by atoms with van der Waals surface area (Å²) < 4.78 is 33.6. The molecule has 0 aliphatic rings. The van der Waals surface area contributed by atoms with Crippen LogP contribution in [0.1, 0.15) is 17.1 Å². The largest absolute Gasteiger partial charge is 0.360 e. The normalized spacial score (nSPS) is 12.3. The molecule has 0 atom stereocenters. The number of fused-ring (bicyclic) bond motifs is 1. The van der Waals surface area contributed by atoms with Gasteiger partial charge in [0.25, 0.3) is 0 Å². The van der Waals surface area contributed by atoms with E-state index in [0.717, 1.165) is 10.7 Å². The Balaban J connectivity index is 1.72. The number of hydrogen-bond acceptors (Lipinski definition) is 7. The number of thiazole rings is 1. The minimum absolute atomic E-state index is 0.110. The monoisotopic (exact) mass is 327 g/mol. The van der Waals surface area contributed by atoms with Crippen molar-refractivity contribution in [2.24, 2.45) is 0 Å². The fourth-order valence-corrected chi connectivity index (χ4v) is 4.28. The molecular formula is C11H13N5O3S2. The fraction of sp³-hybridized carbons (Fsp3) is 0.364. The van der Waals surface area contributed by atoms with Crippen LogP contribution in [-0.4, -0.2) is 34.7 Å². The molecule has 3 aromatic heterocycles. The van der Waals surface area contributed by atoms with Crippen molar-refractivity contribution in [1.82, 2.24) is 24.5 Å². The maximum atomic E-state index is 12.2. The van der Waals surface area contributed by atoms with Crippen molar-refractivity contribution in [3.8, 4) is 0 Å². The Bertz CT molecular complexity index is 857. The third-order valence-electron chi connectivity index (χ3n) is 3.00. The van der Waals surface area contributed by atoms with Crippen molar-refractivity contribution in [3.05, 3.63) is 28.9 Å². The number of sulfonamides is 1. The quantitative estimate of drug-likeness (QED) is 0.747. The lowest BCUT2D eigenvalue weighted by Gasteiger charge is -2.05. The highest BCUT2D eigenvalue weighted by Crippen LogP contribution is 2.18. The maximum absolute atomic E-state index is 12.2. The minimum Gasteiger partial charge on any atom is -0.360 e. The number of nitrogens with zero attached hydrogens (tertiary/aromatic N) is 4. The lowest BCUT2D eigenvalue weighted by Crippen LogP contribution is -2.27. The van der Waals surface area contributed by atoms with E-state index in [9.17, 15) is 8.42 Å². The number of aromatic nitrogens is 4. The zero-order valence-corrected chi connectivity index (χ0v) is 13.0. The molecule has 3 aromatic rings. The summed E-state index contributed by atoms with van der Waals surface area (Å²) in [7, 11) is -3.62. The van der Waals surface area contributed by atoms with E-state index in [4.69, 9.17) is 4.52 Å². The first-order valence-corrected chi connectivity index (χ1v) is 8.54. The Morgan fingerprint density at radius 3 is 2.95 bits per heavy atom. The zero-order valence-electron chi connectivity index (χ0n) is 11.4. The Morgan fingerprint density at radius 2 is 2.24 bits per heavy atom. The average molecular weight is 327 g/mol. The zero-order chi connectivity index (χ0) is 15.0. The number of aryl methyl sites for hydroxylation is 2. The summed E-state index contributed by atoms with van der Waals surface area (Å²) in [4.78, 5) is 4.97. The van der Waals surface area contributed by atoms with Crippen LogP contribution < -0.4 is 4.72 Å². The molecule has 0 bridgehead atoms. The molecule has 1 N–H and O–H groups in total. The molecule has 3 heterocycles. The van der Waals surface area contributed by atoms with E-state index >= 15 is 0 Å². The van der Waals surface area contributed by atoms with E-state index in [1.54, 1.807) is 18.4 Å². The maximum Gasteiger partial charge on any atom is 0.245 e. The minimum atomic E-state index is -3.62. The van der Waals surface area contributed by atoms with Crippen molar-refractivity contribution in [1.29, 1.82) is 0 Å². The molecule has 3 rings (SSSR count). The Labute approximate surface area is 124 Å². The van der Waals surface area contributed by atoms with Crippen LogP contribution in [0.15, 0.2) is 21.1 Å². The first-order valence-electron chi connectivity index (χ1n) is 6.17. The van der Waals surface area contributed by atoms with Crippen LogP contribution in [0.4, 0.5) is 0 Å². The van der Waals surface area contributed by atoms with Gasteiger partial charge in [-0.1, -0.05) is 5.16 Å². The molecular weight excluding hydrogens is 314 g/mol. The predicted molar refractivity (Wildman–Crippen MR) is 75.7 cm³/mol. The van der Waals surface area contributed by atoms with Gasteiger partial charge in [0.2, 0.25) is 15.0 Å².